The first-order chi connectivity index (χ1) is 27.1. The second-order valence-corrected chi connectivity index (χ2v) is 11.8. The Morgan fingerprint density at radius 3 is 1.26 bits per heavy atom. The average Bonchev–Trinajstić information content (AvgIpc) is 3.18. The quantitative estimate of drug-likeness (QED) is 0.00626. The van der Waals surface area contributed by atoms with Gasteiger partial charge in [0.1, 0.15) is 0 Å². The zero-order valence-corrected chi connectivity index (χ0v) is 39.0. The minimum Gasteiger partial charge on any atom is -0.662 e. The van der Waals surface area contributed by atoms with E-state index in [0.29, 0.717) is 129 Å². The van der Waals surface area contributed by atoms with Crippen molar-refractivity contribution < 1.29 is 104 Å². The Morgan fingerprint density at radius 2 is 1.03 bits per heavy atom. The van der Waals surface area contributed by atoms with E-state index in [-0.39, 0.29) is 46.6 Å². The van der Waals surface area contributed by atoms with E-state index in [0.717, 1.165) is 0 Å². The number of azide groups is 3. The molecule has 0 saturated heterocycles. The Bertz CT molecular complexity index is 1180. The molecule has 0 aliphatic rings. The van der Waals surface area contributed by atoms with Crippen LogP contribution in [0.1, 0.15) is 0 Å². The molecule has 336 valence electrons. The molecule has 7 N–H and O–H groups in total. The number of carbonyl (C=O) groups is 3. The molecule has 0 radical (unpaired) electrons. The smallest absolute Gasteiger partial charge is 0.662 e. The Balaban J connectivity index is -0.000000112. The van der Waals surface area contributed by atoms with Crippen molar-refractivity contribution in [2.75, 3.05) is 129 Å². The Hall–Kier alpha value is -1.68. The van der Waals surface area contributed by atoms with Crippen molar-refractivity contribution in [3.63, 3.8) is 0 Å². The zero-order chi connectivity index (χ0) is 44.9. The number of nitrogens with one attached hydrogen (secondary N) is 1. The van der Waals surface area contributed by atoms with Gasteiger partial charge in [0, 0.05) is 58.5 Å². The van der Waals surface area contributed by atoms with Crippen LogP contribution in [0.25, 0.3) is 31.3 Å². The van der Waals surface area contributed by atoms with E-state index in [4.69, 9.17) is 72.3 Å². The van der Waals surface area contributed by atoms with Crippen molar-refractivity contribution >= 4 is 74.9 Å². The van der Waals surface area contributed by atoms with Crippen LogP contribution < -0.4 is 57.3 Å². The number of ether oxygens (including phenoxy) is 6. The first kappa shape index (κ1) is 70.9. The third-order valence-corrected chi connectivity index (χ3v) is 6.90. The third-order valence-electron chi connectivity index (χ3n) is 3.97. The van der Waals surface area contributed by atoms with E-state index in [1.165, 1.54) is 4.91 Å². The van der Waals surface area contributed by atoms with E-state index < -0.39 is 15.5 Å². The van der Waals surface area contributed by atoms with Crippen LogP contribution in [0.3, 0.4) is 0 Å². The molecule has 0 bridgehead atoms. The predicted octanol–water partition coefficient (Wildman–Crippen LogP) is -2.05. The van der Waals surface area contributed by atoms with Gasteiger partial charge in [-0.05, 0) is 32.5 Å². The molecule has 26 nitrogen and oxygen atoms in total. The van der Waals surface area contributed by atoms with Gasteiger partial charge >= 0.3 is 45.1 Å². The molecule has 0 rings (SSSR count). The average molecular weight is 1080 g/mol. The summed E-state index contributed by atoms with van der Waals surface area (Å²) in [5.74, 6) is -0.0609. The van der Waals surface area contributed by atoms with Crippen LogP contribution in [-0.2, 0) is 57.7 Å². The van der Waals surface area contributed by atoms with Crippen molar-refractivity contribution in [3.8, 4) is 0 Å². The number of halogens is 6. The van der Waals surface area contributed by atoms with Crippen LogP contribution in [0.2, 0.25) is 0 Å². The fourth-order valence-corrected chi connectivity index (χ4v) is 2.31. The van der Waals surface area contributed by atoms with Crippen LogP contribution in [0.4, 0.5) is 13.2 Å². The first-order valence-electron chi connectivity index (χ1n) is 15.4. The number of hydrogen-bond acceptors (Lipinski definition) is 18. The predicted molar refractivity (Wildman–Crippen MR) is 206 cm³/mol. The minimum atomic E-state index is -5.64. The fourth-order valence-electron chi connectivity index (χ4n) is 1.92. The molecule has 0 aromatic rings. The Kier molecular flexibility index (Phi) is 75.7. The van der Waals surface area contributed by atoms with Gasteiger partial charge in [-0.3, -0.25) is 14.4 Å². The molecule has 0 fully saturated rings. The van der Waals surface area contributed by atoms with Crippen molar-refractivity contribution in [3.05, 3.63) is 31.3 Å². The fraction of sp³-hybridized carbons (Fsp3) is 0.875. The number of nitrogens with zero attached hydrogens (tertiary/aromatic N) is 9. The van der Waals surface area contributed by atoms with Gasteiger partial charge in [-0.25, -0.2) is 8.42 Å². The monoisotopic (exact) mass is 1080 g/mol. The second kappa shape index (κ2) is 62.0. The van der Waals surface area contributed by atoms with Crippen LogP contribution in [-0.4, -0.2) is 160 Å². The van der Waals surface area contributed by atoms with E-state index in [1.54, 1.807) is 4.52 Å². The van der Waals surface area contributed by atoms with Gasteiger partial charge in [0.25, 0.3) is 6.47 Å². The second-order valence-electron chi connectivity index (χ2n) is 8.21. The molecule has 0 aromatic heterocycles. The summed E-state index contributed by atoms with van der Waals surface area (Å²) < 4.78 is 84.9. The van der Waals surface area contributed by atoms with Crippen molar-refractivity contribution in [2.24, 2.45) is 31.9 Å². The summed E-state index contributed by atoms with van der Waals surface area (Å²) in [7, 11) is -5.64. The van der Waals surface area contributed by atoms with Crippen molar-refractivity contribution in [1.82, 2.24) is 5.32 Å². The number of carbonyl (C=O) groups excluding carboxylic acids is 3. The number of amides is 1. The Labute approximate surface area is 379 Å². The summed E-state index contributed by atoms with van der Waals surface area (Å²) in [6.45, 7) is 8.90. The molecule has 0 heterocycles. The summed E-state index contributed by atoms with van der Waals surface area (Å²) in [6.07, 6.45) is 0. The zero-order valence-electron chi connectivity index (χ0n) is 31.5. The van der Waals surface area contributed by atoms with Crippen LogP contribution in [0.5, 0.6) is 0 Å². The largest absolute Gasteiger partial charge is 1.00 e. The number of sulfonamides is 1. The normalized spacial score (nSPS) is 9.48. The number of hydrogen-bond donors (Lipinski definition) is 4. The number of alkyl halides is 5. The maximum Gasteiger partial charge on any atom is 1.00 e. The molecule has 58 heavy (non-hydrogen) atoms. The van der Waals surface area contributed by atoms with Gasteiger partial charge in [-0.15, -0.1) is 0 Å². The summed E-state index contributed by atoms with van der Waals surface area (Å²) >= 11 is 8.64. The number of rotatable bonds is 28. The van der Waals surface area contributed by atoms with Crippen molar-refractivity contribution in [2.45, 2.75) is 5.51 Å². The molecule has 34 heteroatoms. The minimum absolute atomic E-state index is 0. The molecule has 0 aliphatic carbocycles. The van der Waals surface area contributed by atoms with E-state index in [2.05, 4.69) is 78.0 Å². The van der Waals surface area contributed by atoms with Crippen molar-refractivity contribution in [1.29, 1.82) is 0 Å². The molecule has 0 atom stereocenters. The Morgan fingerprint density at radius 1 is 0.707 bits per heavy atom. The van der Waals surface area contributed by atoms with Gasteiger partial charge in [-0.1, -0.05) is 42.1 Å². The summed E-state index contributed by atoms with van der Waals surface area (Å²) in [5, 5.41) is 18.4. The maximum atomic E-state index is 11.2. The van der Waals surface area contributed by atoms with E-state index >= 15 is 0 Å². The maximum absolute atomic E-state index is 11.2. The first-order valence-corrected chi connectivity index (χ1v) is 19.9. The van der Waals surface area contributed by atoms with Gasteiger partial charge in [0.15, 0.2) is 0 Å². The summed E-state index contributed by atoms with van der Waals surface area (Å²) in [5.41, 5.74) is 33.3. The van der Waals surface area contributed by atoms with Gasteiger partial charge in [-0.2, -0.15) is 13.2 Å². The van der Waals surface area contributed by atoms with Gasteiger partial charge in [0.2, 0.25) is 10.6 Å². The third kappa shape index (κ3) is 78.6. The molecule has 0 aromatic carbocycles. The molecular weight excluding hydrogens is 1030 g/mol. The molecule has 0 aliphatic heterocycles. The SMILES string of the molecule is NCCOCCOCCN.O=C(Br)CBr.O=CO[O-].[N-]=[N+]=NCCOCCOCCN.[N-]=[N+]=NCCOCCOCCNC(=O)CBr.[N-]=[N+]=NS(=O)(=O)C(F)(F)F.[Na+]. The standard InChI is InChI=1S/C8H15BrN4O3.C6H14N4O2.C6H16N2O2.C2H2Br2O.CF3N3O2S.CH2O3.Na/c9-7-8(14)11-1-3-15-5-6-16-4-2-12-13-10;7-1-3-11-5-6-12-4-2-9-10-8;7-1-3-9-5-6-10-4-2-8;3-1-2(4)5;2-1(3,4)10(8,9)7-6-5;2-1-4-3;/h1-7H2,(H,11,14);1-7H2;1-8H2;1H2;;1,3H;/q;;;;;;+1/p-1. The number of nitrogens with two attached hydrogens (primary N) is 3. The molecular formula is C24H48Br3F3N13NaO13S. The molecule has 0 saturated carbocycles. The van der Waals surface area contributed by atoms with Crippen LogP contribution >= 0.6 is 47.8 Å². The molecule has 0 spiro atoms. The van der Waals surface area contributed by atoms with Crippen LogP contribution in [0, 0.1) is 0 Å². The summed E-state index contributed by atoms with van der Waals surface area (Å²) in [4.78, 5) is 38.4. The van der Waals surface area contributed by atoms with E-state index in [9.17, 15) is 31.2 Å². The van der Waals surface area contributed by atoms with E-state index in [1.807, 2.05) is 0 Å². The van der Waals surface area contributed by atoms with Gasteiger partial charge < -0.3 is 61.1 Å². The topological polar surface area (TPSA) is 409 Å². The molecule has 1 amide bonds. The van der Waals surface area contributed by atoms with Gasteiger partial charge in [0.05, 0.1) is 89.9 Å². The summed E-state index contributed by atoms with van der Waals surface area (Å²) in [6, 6.07) is 0. The van der Waals surface area contributed by atoms with Crippen LogP contribution in [0.15, 0.2) is 14.7 Å². The molecule has 0 unspecified atom stereocenters.